The van der Waals surface area contributed by atoms with Crippen LogP contribution in [-0.4, -0.2) is 50.2 Å². The third-order valence-corrected chi connectivity index (χ3v) is 7.73. The smallest absolute Gasteiger partial charge is 0.235 e. The highest BCUT2D eigenvalue weighted by Crippen LogP contribution is 2.55. The molecule has 3 N–H and O–H groups in total. The second-order valence-electron chi connectivity index (χ2n) is 10.1. The molecule has 3 fully saturated rings. The summed E-state index contributed by atoms with van der Waals surface area (Å²) >= 11 is 0. The van der Waals surface area contributed by atoms with Crippen molar-refractivity contribution in [2.24, 2.45) is 5.41 Å². The summed E-state index contributed by atoms with van der Waals surface area (Å²) in [5, 5.41) is 14.5. The minimum Gasteiger partial charge on any atom is -0.368 e. The van der Waals surface area contributed by atoms with Gasteiger partial charge in [-0.25, -0.2) is 0 Å². The minimum absolute atomic E-state index is 0.157. The molecule has 0 unspecified atom stereocenters. The van der Waals surface area contributed by atoms with E-state index in [2.05, 4.69) is 39.6 Å². The molecule has 1 aliphatic carbocycles. The van der Waals surface area contributed by atoms with E-state index < -0.39 is 0 Å². The van der Waals surface area contributed by atoms with Crippen molar-refractivity contribution in [3.05, 3.63) is 59.7 Å². The van der Waals surface area contributed by atoms with Gasteiger partial charge in [0, 0.05) is 54.8 Å². The number of amides is 1. The Kier molecular flexibility index (Phi) is 4.24. The lowest BCUT2D eigenvalue weighted by Gasteiger charge is -2.60. The van der Waals surface area contributed by atoms with Crippen molar-refractivity contribution in [2.45, 2.75) is 24.7 Å². The summed E-state index contributed by atoms with van der Waals surface area (Å²) in [6.45, 7) is 4.37. The van der Waals surface area contributed by atoms with Crippen LogP contribution in [0.3, 0.4) is 0 Å². The van der Waals surface area contributed by atoms with Gasteiger partial charge in [0.15, 0.2) is 0 Å². The Labute approximate surface area is 188 Å². The van der Waals surface area contributed by atoms with Crippen LogP contribution in [0, 0.1) is 10.8 Å². The van der Waals surface area contributed by atoms with Gasteiger partial charge in [-0.15, -0.1) is 0 Å². The predicted molar refractivity (Wildman–Crippen MR) is 130 cm³/mol. The quantitative estimate of drug-likeness (QED) is 0.633. The maximum atomic E-state index is 13.0. The fourth-order valence-corrected chi connectivity index (χ4v) is 6.13. The number of anilines is 3. The summed E-state index contributed by atoms with van der Waals surface area (Å²) < 4.78 is 0. The number of rotatable bonds is 5. The zero-order valence-corrected chi connectivity index (χ0v) is 18.4. The Balaban J connectivity index is 1.41. The summed E-state index contributed by atoms with van der Waals surface area (Å²) in [6.07, 6.45) is 6.05. The normalized spacial score (nSPS) is 22.6. The number of carbonyl (C=O) groups is 1. The first kappa shape index (κ1) is 19.6. The second kappa shape index (κ2) is 6.94. The number of likely N-dealkylation sites (tertiary alicyclic amines) is 1. The molecule has 3 aliphatic heterocycles. The van der Waals surface area contributed by atoms with E-state index in [4.69, 9.17) is 5.41 Å². The van der Waals surface area contributed by atoms with Gasteiger partial charge in [-0.05, 0) is 55.8 Å². The van der Waals surface area contributed by atoms with Gasteiger partial charge in [0.2, 0.25) is 5.91 Å². The maximum Gasteiger partial charge on any atom is 0.235 e. The number of hydrogen-bond donors (Lipinski definition) is 3. The van der Waals surface area contributed by atoms with E-state index in [0.29, 0.717) is 5.41 Å². The van der Waals surface area contributed by atoms with Gasteiger partial charge >= 0.3 is 0 Å². The molecule has 0 atom stereocenters. The van der Waals surface area contributed by atoms with E-state index in [-0.39, 0.29) is 11.3 Å². The number of benzene rings is 2. The van der Waals surface area contributed by atoms with Crippen molar-refractivity contribution in [2.75, 3.05) is 48.8 Å². The first-order chi connectivity index (χ1) is 15.5. The zero-order chi connectivity index (χ0) is 21.9. The molecular formula is C26H29N5O. The number of allylic oxidation sites excluding steroid dienone is 1. The highest BCUT2D eigenvalue weighted by molar-refractivity contribution is 6.10. The molecule has 32 heavy (non-hydrogen) atoms. The van der Waals surface area contributed by atoms with Crippen LogP contribution in [0.4, 0.5) is 17.1 Å². The number of para-hydroxylation sites is 1. The van der Waals surface area contributed by atoms with Gasteiger partial charge in [-0.3, -0.25) is 4.79 Å². The Morgan fingerprint density at radius 2 is 1.88 bits per heavy atom. The fraction of sp³-hybridized carbons (Fsp3) is 0.385. The van der Waals surface area contributed by atoms with E-state index in [1.165, 1.54) is 6.21 Å². The largest absolute Gasteiger partial charge is 0.368 e. The Morgan fingerprint density at radius 3 is 2.50 bits per heavy atom. The number of carbonyl (C=O) groups excluding carboxylic acids is 1. The highest BCUT2D eigenvalue weighted by Gasteiger charge is 2.54. The third-order valence-electron chi connectivity index (χ3n) is 7.73. The lowest BCUT2D eigenvalue weighted by atomic mass is 9.65. The summed E-state index contributed by atoms with van der Waals surface area (Å²) in [7, 11) is 2.18. The molecule has 0 aromatic heterocycles. The van der Waals surface area contributed by atoms with Crippen LogP contribution in [0.15, 0.2) is 48.5 Å². The Bertz CT molecular complexity index is 1120. The zero-order valence-electron chi connectivity index (χ0n) is 18.4. The van der Waals surface area contributed by atoms with Crippen LogP contribution in [0.25, 0.3) is 5.70 Å². The van der Waals surface area contributed by atoms with Crippen LogP contribution in [-0.2, 0) is 10.2 Å². The summed E-state index contributed by atoms with van der Waals surface area (Å²) in [5.74, 6) is 0.157. The first-order valence-electron chi connectivity index (χ1n) is 11.5. The molecule has 2 spiro atoms. The molecule has 6 heteroatoms. The number of hydrogen-bond acceptors (Lipinski definition) is 5. The lowest BCUT2D eigenvalue weighted by molar-refractivity contribution is -0.123. The van der Waals surface area contributed by atoms with Crippen LogP contribution in [0.2, 0.25) is 0 Å². The monoisotopic (exact) mass is 427 g/mol. The van der Waals surface area contributed by atoms with Gasteiger partial charge in [0.25, 0.3) is 0 Å². The number of nitrogens with zero attached hydrogens (tertiary/aromatic N) is 2. The van der Waals surface area contributed by atoms with Gasteiger partial charge in [0.1, 0.15) is 0 Å². The molecule has 0 radical (unpaired) electrons. The van der Waals surface area contributed by atoms with E-state index in [9.17, 15) is 4.79 Å². The average Bonchev–Trinajstić information content (AvgIpc) is 3.01. The van der Waals surface area contributed by atoms with E-state index in [0.717, 1.165) is 79.3 Å². The Hall–Kier alpha value is -3.12. The molecule has 2 aromatic rings. The third kappa shape index (κ3) is 2.82. The van der Waals surface area contributed by atoms with Crippen molar-refractivity contribution in [1.82, 2.24) is 4.90 Å². The SMILES string of the molecule is CN1CC2(C1)CN(c1cc(/C(=C/C=N)Nc3ccccc3)cc3c1NC(=O)C31CCC1)C2. The van der Waals surface area contributed by atoms with E-state index >= 15 is 0 Å². The fourth-order valence-electron chi connectivity index (χ4n) is 6.13. The van der Waals surface area contributed by atoms with Crippen LogP contribution >= 0.6 is 0 Å². The lowest BCUT2D eigenvalue weighted by Crippen LogP contribution is -2.71. The molecule has 6 nitrogen and oxygen atoms in total. The molecule has 1 saturated carbocycles. The van der Waals surface area contributed by atoms with Crippen molar-refractivity contribution < 1.29 is 4.79 Å². The topological polar surface area (TPSA) is 71.5 Å². The molecule has 2 saturated heterocycles. The molecule has 2 aromatic carbocycles. The number of fused-ring (bicyclic) bond motifs is 2. The molecule has 3 heterocycles. The van der Waals surface area contributed by atoms with E-state index in [1.54, 1.807) is 6.08 Å². The Morgan fingerprint density at radius 1 is 1.12 bits per heavy atom. The van der Waals surface area contributed by atoms with Gasteiger partial charge < -0.3 is 25.8 Å². The molecule has 4 aliphatic rings. The molecule has 164 valence electrons. The van der Waals surface area contributed by atoms with Crippen molar-refractivity contribution >= 4 is 34.9 Å². The highest BCUT2D eigenvalue weighted by atomic mass is 16.2. The van der Waals surface area contributed by atoms with Crippen LogP contribution < -0.4 is 15.5 Å². The molecular weight excluding hydrogens is 398 g/mol. The molecule has 6 rings (SSSR count). The molecule has 1 amide bonds. The summed E-state index contributed by atoms with van der Waals surface area (Å²) in [6, 6.07) is 14.4. The van der Waals surface area contributed by atoms with Gasteiger partial charge in [-0.2, -0.15) is 0 Å². The standard InChI is InChI=1S/C26H29N5O/c1-30-14-25(15-30)16-31(17-25)22-13-18(21(8-11-27)28-19-6-3-2-4-7-19)12-20-23(22)29-24(32)26(20)9-5-10-26/h2-4,6-8,11-13,27-28H,5,9-10,14-17H2,1H3,(H,29,32)/b21-8-,27-11?. The van der Waals surface area contributed by atoms with Crippen molar-refractivity contribution in [3.63, 3.8) is 0 Å². The maximum absolute atomic E-state index is 13.0. The first-order valence-corrected chi connectivity index (χ1v) is 11.5. The van der Waals surface area contributed by atoms with Crippen LogP contribution in [0.5, 0.6) is 0 Å². The minimum atomic E-state index is -0.373. The second-order valence-corrected chi connectivity index (χ2v) is 10.1. The van der Waals surface area contributed by atoms with Crippen molar-refractivity contribution in [3.8, 4) is 0 Å². The van der Waals surface area contributed by atoms with Crippen molar-refractivity contribution in [1.29, 1.82) is 5.41 Å². The van der Waals surface area contributed by atoms with Gasteiger partial charge in [0.05, 0.1) is 16.8 Å². The van der Waals surface area contributed by atoms with E-state index in [1.807, 2.05) is 30.3 Å². The van der Waals surface area contributed by atoms with Crippen LogP contribution in [0.1, 0.15) is 30.4 Å². The summed E-state index contributed by atoms with van der Waals surface area (Å²) in [5.41, 5.74) is 6.19. The molecule has 0 bridgehead atoms. The predicted octanol–water partition coefficient (Wildman–Crippen LogP) is 3.91. The van der Waals surface area contributed by atoms with Gasteiger partial charge in [-0.1, -0.05) is 24.6 Å². The average molecular weight is 428 g/mol. The summed E-state index contributed by atoms with van der Waals surface area (Å²) in [4.78, 5) is 17.9. The number of nitrogens with one attached hydrogen (secondary N) is 3.